The van der Waals surface area contributed by atoms with Crippen molar-refractivity contribution < 1.29 is 9.90 Å². The molecule has 23 heavy (non-hydrogen) atoms. The van der Waals surface area contributed by atoms with Crippen molar-refractivity contribution in [2.45, 2.75) is 25.5 Å². The van der Waals surface area contributed by atoms with Crippen molar-refractivity contribution >= 4 is 28.3 Å². The number of hydrogen-bond acceptors (Lipinski definition) is 4. The minimum Gasteiger partial charge on any atom is -0.383 e. The number of nitrogens with one attached hydrogen (secondary N) is 1. The maximum atomic E-state index is 12.0. The van der Waals surface area contributed by atoms with Crippen molar-refractivity contribution in [2.75, 3.05) is 6.54 Å². The first-order chi connectivity index (χ1) is 11.1. The summed E-state index contributed by atoms with van der Waals surface area (Å²) < 4.78 is 1.96. The van der Waals surface area contributed by atoms with Gasteiger partial charge in [-0.15, -0.1) is 11.3 Å². The van der Waals surface area contributed by atoms with Crippen LogP contribution in [0.3, 0.4) is 0 Å². The highest BCUT2D eigenvalue weighted by atomic mass is 32.1. The van der Waals surface area contributed by atoms with Crippen molar-refractivity contribution in [2.24, 2.45) is 0 Å². The zero-order valence-corrected chi connectivity index (χ0v) is 13.7. The Hall–Kier alpha value is -2.18. The highest BCUT2D eigenvalue weighted by Gasteiger charge is 2.24. The lowest BCUT2D eigenvalue weighted by Crippen LogP contribution is -2.38. The van der Waals surface area contributed by atoms with Gasteiger partial charge in [-0.3, -0.25) is 4.79 Å². The molecule has 0 radical (unpaired) electrons. The summed E-state index contributed by atoms with van der Waals surface area (Å²) in [5.74, 6) is -0.0837. The summed E-state index contributed by atoms with van der Waals surface area (Å²) in [6, 6.07) is 11.6. The highest BCUT2D eigenvalue weighted by molar-refractivity contribution is 7.10. The van der Waals surface area contributed by atoms with Crippen LogP contribution in [0, 0.1) is 0 Å². The summed E-state index contributed by atoms with van der Waals surface area (Å²) in [6.45, 7) is 2.48. The number of fused-ring (bicyclic) bond motifs is 1. The number of imidazole rings is 1. The van der Waals surface area contributed by atoms with Crippen LogP contribution in [0.25, 0.3) is 11.0 Å². The molecule has 6 heteroatoms. The van der Waals surface area contributed by atoms with Gasteiger partial charge in [-0.2, -0.15) is 0 Å². The van der Waals surface area contributed by atoms with Gasteiger partial charge in [-0.05, 0) is 30.5 Å². The highest BCUT2D eigenvalue weighted by Crippen LogP contribution is 2.24. The number of rotatable bonds is 6. The van der Waals surface area contributed by atoms with Crippen LogP contribution in [0.5, 0.6) is 0 Å². The average Bonchev–Trinajstić information content (AvgIpc) is 3.21. The summed E-state index contributed by atoms with van der Waals surface area (Å²) in [7, 11) is 0. The number of amides is 1. The van der Waals surface area contributed by atoms with Crippen molar-refractivity contribution in [3.05, 3.63) is 53.0 Å². The number of aryl methyl sites for hydroxylation is 1. The summed E-state index contributed by atoms with van der Waals surface area (Å²) in [6.07, 6.45) is 2.10. The van der Waals surface area contributed by atoms with Crippen LogP contribution in [0.2, 0.25) is 0 Å². The van der Waals surface area contributed by atoms with E-state index < -0.39 is 5.60 Å². The molecule has 1 amide bonds. The van der Waals surface area contributed by atoms with E-state index in [0.29, 0.717) is 13.0 Å². The number of carbonyl (C=O) groups excluding carboxylic acids is 1. The number of benzene rings is 1. The van der Waals surface area contributed by atoms with Crippen LogP contribution in [0.15, 0.2) is 48.1 Å². The number of nitrogens with zero attached hydrogens (tertiary/aromatic N) is 2. The Morgan fingerprint density at radius 2 is 2.17 bits per heavy atom. The molecule has 0 spiro atoms. The second kappa shape index (κ2) is 6.52. The van der Waals surface area contributed by atoms with Gasteiger partial charge in [0.05, 0.1) is 23.9 Å². The molecule has 2 N–H and O–H groups in total. The van der Waals surface area contributed by atoms with Gasteiger partial charge in [0.25, 0.3) is 0 Å². The summed E-state index contributed by atoms with van der Waals surface area (Å²) in [4.78, 5) is 17.2. The largest absolute Gasteiger partial charge is 0.383 e. The molecule has 5 nitrogen and oxygen atoms in total. The van der Waals surface area contributed by atoms with Gasteiger partial charge in [-0.1, -0.05) is 18.2 Å². The third kappa shape index (κ3) is 3.60. The molecule has 0 fully saturated rings. The second-order valence-corrected chi connectivity index (χ2v) is 6.65. The quantitative estimate of drug-likeness (QED) is 0.730. The molecule has 1 aromatic carbocycles. The molecule has 0 aliphatic carbocycles. The van der Waals surface area contributed by atoms with Gasteiger partial charge in [0, 0.05) is 17.8 Å². The van der Waals surface area contributed by atoms with Crippen LogP contribution < -0.4 is 5.32 Å². The first-order valence-corrected chi connectivity index (χ1v) is 8.37. The van der Waals surface area contributed by atoms with Gasteiger partial charge in [0.1, 0.15) is 5.60 Å². The Bertz CT molecular complexity index is 793. The van der Waals surface area contributed by atoms with Gasteiger partial charge in [-0.25, -0.2) is 4.98 Å². The maximum Gasteiger partial charge on any atom is 0.221 e. The van der Waals surface area contributed by atoms with E-state index in [1.807, 2.05) is 46.3 Å². The average molecular weight is 329 g/mol. The fourth-order valence-electron chi connectivity index (χ4n) is 2.44. The molecule has 0 saturated carbocycles. The number of thiophene rings is 1. The van der Waals surface area contributed by atoms with E-state index in [0.717, 1.165) is 15.9 Å². The maximum absolute atomic E-state index is 12.0. The monoisotopic (exact) mass is 329 g/mol. The first-order valence-electron chi connectivity index (χ1n) is 7.49. The van der Waals surface area contributed by atoms with E-state index in [9.17, 15) is 9.90 Å². The molecule has 1 unspecified atom stereocenters. The minimum atomic E-state index is -1.04. The SMILES string of the molecule is CC(O)(CNC(=O)CCn1cnc2ccccc21)c1cccs1. The van der Waals surface area contributed by atoms with E-state index >= 15 is 0 Å². The van der Waals surface area contributed by atoms with E-state index in [2.05, 4.69) is 10.3 Å². The molecule has 0 aliphatic rings. The Morgan fingerprint density at radius 1 is 1.35 bits per heavy atom. The summed E-state index contributed by atoms with van der Waals surface area (Å²) in [5, 5.41) is 15.1. The molecule has 0 aliphatic heterocycles. The predicted molar refractivity (Wildman–Crippen MR) is 91.2 cm³/mol. The number of aliphatic hydroxyl groups is 1. The zero-order valence-electron chi connectivity index (χ0n) is 12.9. The van der Waals surface area contributed by atoms with Gasteiger partial charge in [0.2, 0.25) is 5.91 Å². The van der Waals surface area contributed by atoms with Crippen molar-refractivity contribution in [3.63, 3.8) is 0 Å². The van der Waals surface area contributed by atoms with Crippen LogP contribution in [-0.4, -0.2) is 27.1 Å². The van der Waals surface area contributed by atoms with Gasteiger partial charge in [0.15, 0.2) is 0 Å². The number of aromatic nitrogens is 2. The van der Waals surface area contributed by atoms with E-state index in [1.54, 1.807) is 13.3 Å². The molecule has 2 heterocycles. The number of para-hydroxylation sites is 2. The van der Waals surface area contributed by atoms with E-state index in [4.69, 9.17) is 0 Å². The molecule has 3 rings (SSSR count). The van der Waals surface area contributed by atoms with E-state index in [-0.39, 0.29) is 12.5 Å². The third-order valence-electron chi connectivity index (χ3n) is 3.79. The van der Waals surface area contributed by atoms with Gasteiger partial charge < -0.3 is 15.0 Å². The minimum absolute atomic E-state index is 0.0837. The second-order valence-electron chi connectivity index (χ2n) is 5.70. The Kier molecular flexibility index (Phi) is 4.45. The molecular weight excluding hydrogens is 310 g/mol. The Morgan fingerprint density at radius 3 is 2.96 bits per heavy atom. The molecule has 3 aromatic rings. The zero-order chi connectivity index (χ0) is 16.3. The van der Waals surface area contributed by atoms with Crippen LogP contribution >= 0.6 is 11.3 Å². The molecule has 120 valence electrons. The molecular formula is C17H19N3O2S. The van der Waals surface area contributed by atoms with Crippen molar-refractivity contribution in [1.29, 1.82) is 0 Å². The molecule has 0 bridgehead atoms. The predicted octanol–water partition coefficient (Wildman–Crippen LogP) is 2.51. The summed E-state index contributed by atoms with van der Waals surface area (Å²) in [5.41, 5.74) is 0.908. The first kappa shape index (κ1) is 15.7. The van der Waals surface area contributed by atoms with Crippen molar-refractivity contribution in [3.8, 4) is 0 Å². The van der Waals surface area contributed by atoms with Crippen molar-refractivity contribution in [1.82, 2.24) is 14.9 Å². The molecule has 1 atom stereocenters. The summed E-state index contributed by atoms with van der Waals surface area (Å²) >= 11 is 1.48. The normalized spacial score (nSPS) is 13.8. The topological polar surface area (TPSA) is 67.2 Å². The van der Waals surface area contributed by atoms with Gasteiger partial charge >= 0.3 is 0 Å². The van der Waals surface area contributed by atoms with Crippen LogP contribution in [0.4, 0.5) is 0 Å². The molecule has 2 aromatic heterocycles. The fourth-order valence-corrected chi connectivity index (χ4v) is 3.23. The lowest BCUT2D eigenvalue weighted by Gasteiger charge is -2.22. The third-order valence-corrected chi connectivity index (χ3v) is 4.91. The lowest BCUT2D eigenvalue weighted by molar-refractivity contribution is -0.122. The van der Waals surface area contributed by atoms with Crippen LogP contribution in [-0.2, 0) is 16.9 Å². The fraction of sp³-hybridized carbons (Fsp3) is 0.294. The standard InChI is InChI=1S/C17H19N3O2S/c1-17(22,15-7-4-10-23-15)11-18-16(21)8-9-20-12-19-13-5-2-3-6-14(13)20/h2-7,10,12,22H,8-9,11H2,1H3,(H,18,21). The Labute approximate surface area is 138 Å². The lowest BCUT2D eigenvalue weighted by atomic mass is 10.1. The smallest absolute Gasteiger partial charge is 0.221 e. The number of hydrogen-bond donors (Lipinski definition) is 2. The van der Waals surface area contributed by atoms with Crippen LogP contribution in [0.1, 0.15) is 18.2 Å². The number of carbonyl (C=O) groups is 1. The molecule has 0 saturated heterocycles. The van der Waals surface area contributed by atoms with E-state index in [1.165, 1.54) is 11.3 Å². The Balaban J connectivity index is 1.54.